The van der Waals surface area contributed by atoms with Gasteiger partial charge in [-0.1, -0.05) is 17.7 Å². The van der Waals surface area contributed by atoms with E-state index in [9.17, 15) is 4.39 Å². The van der Waals surface area contributed by atoms with Crippen molar-refractivity contribution in [2.24, 2.45) is 0 Å². The SMILES string of the molecule is CC(C)OCCSCc1c(F)cccc1Cl. The van der Waals surface area contributed by atoms with Crippen molar-refractivity contribution in [3.63, 3.8) is 0 Å². The van der Waals surface area contributed by atoms with Gasteiger partial charge in [-0.15, -0.1) is 0 Å². The molecule has 0 amide bonds. The Hall–Kier alpha value is -0.250. The van der Waals surface area contributed by atoms with E-state index in [-0.39, 0.29) is 11.9 Å². The molecule has 0 unspecified atom stereocenters. The lowest BCUT2D eigenvalue weighted by Gasteiger charge is -2.08. The largest absolute Gasteiger partial charge is 0.378 e. The van der Waals surface area contributed by atoms with Crippen LogP contribution in [0.1, 0.15) is 19.4 Å². The molecule has 0 saturated carbocycles. The highest BCUT2D eigenvalue weighted by Gasteiger charge is 2.06. The molecule has 0 fully saturated rings. The molecule has 0 aliphatic rings. The summed E-state index contributed by atoms with van der Waals surface area (Å²) >= 11 is 7.54. The van der Waals surface area contributed by atoms with Gasteiger partial charge in [-0.3, -0.25) is 0 Å². The maximum absolute atomic E-state index is 13.4. The lowest BCUT2D eigenvalue weighted by Crippen LogP contribution is -2.05. The van der Waals surface area contributed by atoms with E-state index < -0.39 is 0 Å². The van der Waals surface area contributed by atoms with Gasteiger partial charge in [0.1, 0.15) is 5.82 Å². The molecule has 1 rings (SSSR count). The Labute approximate surface area is 105 Å². The molecule has 0 aromatic heterocycles. The molecule has 1 aromatic rings. The van der Waals surface area contributed by atoms with Crippen LogP contribution in [0.25, 0.3) is 0 Å². The minimum absolute atomic E-state index is 0.232. The van der Waals surface area contributed by atoms with Crippen molar-refractivity contribution in [2.45, 2.75) is 25.7 Å². The third-order valence-electron chi connectivity index (χ3n) is 1.99. The third-order valence-corrected chi connectivity index (χ3v) is 3.29. The number of halogens is 2. The molecule has 0 atom stereocenters. The van der Waals surface area contributed by atoms with Crippen molar-refractivity contribution in [1.82, 2.24) is 0 Å². The van der Waals surface area contributed by atoms with Crippen LogP contribution in [0.3, 0.4) is 0 Å². The normalized spacial score (nSPS) is 11.1. The Morgan fingerprint density at radius 1 is 1.44 bits per heavy atom. The van der Waals surface area contributed by atoms with Crippen LogP contribution in [0, 0.1) is 5.82 Å². The summed E-state index contributed by atoms with van der Waals surface area (Å²) in [6.45, 7) is 4.69. The van der Waals surface area contributed by atoms with Crippen molar-refractivity contribution in [2.75, 3.05) is 12.4 Å². The summed E-state index contributed by atoms with van der Waals surface area (Å²) in [4.78, 5) is 0. The number of hydrogen-bond acceptors (Lipinski definition) is 2. The molecule has 0 saturated heterocycles. The molecule has 0 aliphatic carbocycles. The molecule has 4 heteroatoms. The van der Waals surface area contributed by atoms with E-state index in [1.165, 1.54) is 6.07 Å². The van der Waals surface area contributed by atoms with E-state index in [1.807, 2.05) is 13.8 Å². The van der Waals surface area contributed by atoms with Crippen LogP contribution < -0.4 is 0 Å². The highest BCUT2D eigenvalue weighted by atomic mass is 35.5. The topological polar surface area (TPSA) is 9.23 Å². The first kappa shape index (κ1) is 13.8. The van der Waals surface area contributed by atoms with Gasteiger partial charge in [-0.25, -0.2) is 4.39 Å². The Bertz CT molecular complexity index is 311. The lowest BCUT2D eigenvalue weighted by atomic mass is 10.2. The molecular formula is C12H16ClFOS. The molecule has 90 valence electrons. The predicted molar refractivity (Wildman–Crippen MR) is 68.7 cm³/mol. The Kier molecular flexibility index (Phi) is 6.17. The zero-order chi connectivity index (χ0) is 12.0. The second-order valence-electron chi connectivity index (χ2n) is 3.67. The minimum atomic E-state index is -0.232. The summed E-state index contributed by atoms with van der Waals surface area (Å²) in [7, 11) is 0. The predicted octanol–water partition coefficient (Wildman–Crippen LogP) is 4.14. The smallest absolute Gasteiger partial charge is 0.128 e. The number of thioether (sulfide) groups is 1. The minimum Gasteiger partial charge on any atom is -0.378 e. The maximum Gasteiger partial charge on any atom is 0.128 e. The second-order valence-corrected chi connectivity index (χ2v) is 5.18. The Balaban J connectivity index is 2.32. The molecule has 0 bridgehead atoms. The fourth-order valence-electron chi connectivity index (χ4n) is 1.19. The summed E-state index contributed by atoms with van der Waals surface area (Å²) in [5.41, 5.74) is 0.582. The summed E-state index contributed by atoms with van der Waals surface area (Å²) in [6.07, 6.45) is 0.248. The Morgan fingerprint density at radius 3 is 2.81 bits per heavy atom. The summed E-state index contributed by atoms with van der Waals surface area (Å²) in [6, 6.07) is 4.77. The van der Waals surface area contributed by atoms with E-state index in [0.29, 0.717) is 22.9 Å². The standard InChI is InChI=1S/C12H16ClFOS/c1-9(2)15-6-7-16-8-10-11(13)4-3-5-12(10)14/h3-5,9H,6-8H2,1-2H3. The Morgan fingerprint density at radius 2 is 2.19 bits per heavy atom. The molecule has 0 N–H and O–H groups in total. The van der Waals surface area contributed by atoms with Gasteiger partial charge in [0.15, 0.2) is 0 Å². The fraction of sp³-hybridized carbons (Fsp3) is 0.500. The first-order valence-corrected chi connectivity index (χ1v) is 6.76. The average molecular weight is 263 g/mol. The van der Waals surface area contributed by atoms with Crippen molar-refractivity contribution in [3.05, 3.63) is 34.6 Å². The second kappa shape index (κ2) is 7.15. The summed E-state index contributed by atoms with van der Waals surface area (Å²) < 4.78 is 18.8. The maximum atomic E-state index is 13.4. The monoisotopic (exact) mass is 262 g/mol. The van der Waals surface area contributed by atoms with Gasteiger partial charge in [-0.2, -0.15) is 11.8 Å². The molecule has 0 spiro atoms. The van der Waals surface area contributed by atoms with Gasteiger partial charge in [-0.05, 0) is 26.0 Å². The van der Waals surface area contributed by atoms with Crippen molar-refractivity contribution >= 4 is 23.4 Å². The van der Waals surface area contributed by atoms with Crippen molar-refractivity contribution < 1.29 is 9.13 Å². The number of hydrogen-bond donors (Lipinski definition) is 0. The lowest BCUT2D eigenvalue weighted by molar-refractivity contribution is 0.0920. The van der Waals surface area contributed by atoms with Crippen LogP contribution in [0.2, 0.25) is 5.02 Å². The summed E-state index contributed by atoms with van der Waals surface area (Å²) in [5, 5.41) is 0.497. The highest BCUT2D eigenvalue weighted by Crippen LogP contribution is 2.23. The van der Waals surface area contributed by atoms with Crippen LogP contribution >= 0.6 is 23.4 Å². The van der Waals surface area contributed by atoms with E-state index in [1.54, 1.807) is 23.9 Å². The van der Waals surface area contributed by atoms with E-state index >= 15 is 0 Å². The number of benzene rings is 1. The van der Waals surface area contributed by atoms with Crippen LogP contribution in [0.4, 0.5) is 4.39 Å². The summed E-state index contributed by atoms with van der Waals surface area (Å²) in [5.74, 6) is 1.21. The van der Waals surface area contributed by atoms with Crippen LogP contribution in [-0.4, -0.2) is 18.5 Å². The van der Waals surface area contributed by atoms with Crippen molar-refractivity contribution in [3.8, 4) is 0 Å². The van der Waals surface area contributed by atoms with Gasteiger partial charge in [0.2, 0.25) is 0 Å². The number of rotatable bonds is 6. The fourth-order valence-corrected chi connectivity index (χ4v) is 2.35. The zero-order valence-corrected chi connectivity index (χ0v) is 11.1. The van der Waals surface area contributed by atoms with E-state index in [0.717, 1.165) is 5.75 Å². The van der Waals surface area contributed by atoms with Crippen LogP contribution in [-0.2, 0) is 10.5 Å². The first-order chi connectivity index (χ1) is 7.61. The molecule has 0 heterocycles. The molecule has 0 radical (unpaired) electrons. The van der Waals surface area contributed by atoms with Gasteiger partial charge in [0.25, 0.3) is 0 Å². The van der Waals surface area contributed by atoms with Crippen LogP contribution in [0.5, 0.6) is 0 Å². The van der Waals surface area contributed by atoms with Gasteiger partial charge >= 0.3 is 0 Å². The molecular weight excluding hydrogens is 247 g/mol. The quantitative estimate of drug-likeness (QED) is 0.713. The van der Waals surface area contributed by atoms with Gasteiger partial charge < -0.3 is 4.74 Å². The van der Waals surface area contributed by atoms with Crippen LogP contribution in [0.15, 0.2) is 18.2 Å². The van der Waals surface area contributed by atoms with E-state index in [2.05, 4.69) is 0 Å². The number of ether oxygens (including phenoxy) is 1. The average Bonchev–Trinajstić information content (AvgIpc) is 2.21. The van der Waals surface area contributed by atoms with E-state index in [4.69, 9.17) is 16.3 Å². The molecule has 1 aromatic carbocycles. The molecule has 0 aliphatic heterocycles. The van der Waals surface area contributed by atoms with Gasteiger partial charge in [0, 0.05) is 22.1 Å². The van der Waals surface area contributed by atoms with Gasteiger partial charge in [0.05, 0.1) is 12.7 Å². The first-order valence-electron chi connectivity index (χ1n) is 5.23. The zero-order valence-electron chi connectivity index (χ0n) is 9.50. The molecule has 1 nitrogen and oxygen atoms in total. The highest BCUT2D eigenvalue weighted by molar-refractivity contribution is 7.98. The van der Waals surface area contributed by atoms with Crippen molar-refractivity contribution in [1.29, 1.82) is 0 Å². The molecule has 16 heavy (non-hydrogen) atoms. The third kappa shape index (κ3) is 4.73.